The third-order valence-corrected chi connectivity index (χ3v) is 5.52. The third kappa shape index (κ3) is 5.60. The van der Waals surface area contributed by atoms with Crippen LogP contribution in [0.25, 0.3) is 16.5 Å². The number of H-pyrrole nitrogens is 1. The van der Waals surface area contributed by atoms with Gasteiger partial charge in [0, 0.05) is 11.6 Å². The number of aromatic nitrogens is 1. The van der Waals surface area contributed by atoms with Crippen molar-refractivity contribution in [3.63, 3.8) is 0 Å². The standard InChI is InChI=1S/C25H36N2O/c1-5-8-9-10-13-18(4)20-15-22-21(14-19(11-6-2)12-7-3)17-27-24(22)23(16-20)25(26)28/h5,8,13,15-17,19,27H,6-7,9-12,14H2,1-4H3,(H2,26,28)/b8-5-,18-13+. The first-order valence-electron chi connectivity index (χ1n) is 10.7. The van der Waals surface area contributed by atoms with E-state index in [1.54, 1.807) is 0 Å². The second-order valence-electron chi connectivity index (χ2n) is 7.81. The molecular formula is C25H36N2O. The van der Waals surface area contributed by atoms with Crippen molar-refractivity contribution < 1.29 is 4.79 Å². The number of fused-ring (bicyclic) bond motifs is 1. The molecule has 0 bridgehead atoms. The zero-order valence-electron chi connectivity index (χ0n) is 18.0. The SMILES string of the molecule is C/C=C\CC/C=C(\C)c1cc(C(N)=O)c2[nH]cc(CC(CCC)CCC)c2c1. The highest BCUT2D eigenvalue weighted by atomic mass is 16.1. The number of hydrogen-bond acceptors (Lipinski definition) is 1. The molecule has 1 heterocycles. The van der Waals surface area contributed by atoms with E-state index in [-0.39, 0.29) is 5.91 Å². The van der Waals surface area contributed by atoms with Crippen molar-refractivity contribution in [1.29, 1.82) is 0 Å². The van der Waals surface area contributed by atoms with Gasteiger partial charge in [-0.15, -0.1) is 0 Å². The van der Waals surface area contributed by atoms with Gasteiger partial charge >= 0.3 is 0 Å². The second kappa shape index (κ2) is 10.9. The van der Waals surface area contributed by atoms with Gasteiger partial charge in [0.2, 0.25) is 0 Å². The molecular weight excluding hydrogens is 344 g/mol. The van der Waals surface area contributed by atoms with Crippen LogP contribution in [0, 0.1) is 5.92 Å². The molecule has 0 radical (unpaired) electrons. The van der Waals surface area contributed by atoms with E-state index in [4.69, 9.17) is 5.73 Å². The van der Waals surface area contributed by atoms with Crippen molar-refractivity contribution in [2.45, 2.75) is 72.6 Å². The van der Waals surface area contributed by atoms with Crippen LogP contribution in [0.4, 0.5) is 0 Å². The molecule has 152 valence electrons. The summed E-state index contributed by atoms with van der Waals surface area (Å²) in [6.45, 7) is 8.67. The van der Waals surface area contributed by atoms with Crippen molar-refractivity contribution >= 4 is 22.4 Å². The van der Waals surface area contributed by atoms with E-state index in [0.29, 0.717) is 11.5 Å². The van der Waals surface area contributed by atoms with Gasteiger partial charge in [0.15, 0.2) is 0 Å². The second-order valence-corrected chi connectivity index (χ2v) is 7.81. The molecule has 0 saturated carbocycles. The lowest BCUT2D eigenvalue weighted by atomic mass is 9.90. The minimum absolute atomic E-state index is 0.374. The number of carbonyl (C=O) groups is 1. The van der Waals surface area contributed by atoms with Crippen LogP contribution in [0.5, 0.6) is 0 Å². The lowest BCUT2D eigenvalue weighted by Crippen LogP contribution is -2.12. The van der Waals surface area contributed by atoms with Crippen LogP contribution >= 0.6 is 0 Å². The summed E-state index contributed by atoms with van der Waals surface area (Å²) in [7, 11) is 0. The van der Waals surface area contributed by atoms with E-state index in [0.717, 1.165) is 35.7 Å². The van der Waals surface area contributed by atoms with Crippen molar-refractivity contribution in [2.24, 2.45) is 11.7 Å². The Hall–Kier alpha value is -2.29. The van der Waals surface area contributed by atoms with Gasteiger partial charge in [-0.2, -0.15) is 0 Å². The first-order chi connectivity index (χ1) is 13.5. The topological polar surface area (TPSA) is 58.9 Å². The van der Waals surface area contributed by atoms with Crippen LogP contribution in [0.3, 0.4) is 0 Å². The Balaban J connectivity index is 2.43. The Bertz CT molecular complexity index is 836. The number of primary amides is 1. The molecule has 3 nitrogen and oxygen atoms in total. The smallest absolute Gasteiger partial charge is 0.250 e. The van der Waals surface area contributed by atoms with Gasteiger partial charge in [0.1, 0.15) is 0 Å². The van der Waals surface area contributed by atoms with E-state index in [1.165, 1.54) is 36.8 Å². The lowest BCUT2D eigenvalue weighted by Gasteiger charge is -2.15. The monoisotopic (exact) mass is 380 g/mol. The molecule has 0 unspecified atom stereocenters. The Morgan fingerprint density at radius 1 is 1.18 bits per heavy atom. The number of hydrogen-bond donors (Lipinski definition) is 2. The molecule has 3 N–H and O–H groups in total. The minimum Gasteiger partial charge on any atom is -0.366 e. The predicted octanol–water partition coefficient (Wildman–Crippen LogP) is 6.79. The largest absolute Gasteiger partial charge is 0.366 e. The molecule has 28 heavy (non-hydrogen) atoms. The van der Waals surface area contributed by atoms with Crippen LogP contribution in [-0.2, 0) is 6.42 Å². The number of unbranched alkanes of at least 4 members (excludes halogenated alkanes) is 1. The van der Waals surface area contributed by atoms with E-state index >= 15 is 0 Å². The first-order valence-corrected chi connectivity index (χ1v) is 10.7. The summed E-state index contributed by atoms with van der Waals surface area (Å²) >= 11 is 0. The Labute approximate surface area is 170 Å². The van der Waals surface area contributed by atoms with Gasteiger partial charge in [-0.05, 0) is 67.9 Å². The van der Waals surface area contributed by atoms with E-state index in [9.17, 15) is 4.79 Å². The molecule has 1 aromatic carbocycles. The fourth-order valence-corrected chi connectivity index (χ4v) is 4.04. The molecule has 0 aliphatic carbocycles. The van der Waals surface area contributed by atoms with Gasteiger partial charge in [-0.3, -0.25) is 4.79 Å². The highest BCUT2D eigenvalue weighted by molar-refractivity contribution is 6.07. The maximum atomic E-state index is 12.1. The highest BCUT2D eigenvalue weighted by Crippen LogP contribution is 2.30. The van der Waals surface area contributed by atoms with Gasteiger partial charge < -0.3 is 10.7 Å². The molecule has 0 atom stereocenters. The molecule has 0 aliphatic heterocycles. The molecule has 0 fully saturated rings. The summed E-state index contributed by atoms with van der Waals surface area (Å²) in [6, 6.07) is 4.16. The van der Waals surface area contributed by atoms with Crippen LogP contribution in [-0.4, -0.2) is 10.9 Å². The average Bonchev–Trinajstić information content (AvgIpc) is 3.07. The number of nitrogens with one attached hydrogen (secondary N) is 1. The zero-order valence-corrected chi connectivity index (χ0v) is 18.0. The van der Waals surface area contributed by atoms with Crippen molar-refractivity contribution in [3.8, 4) is 0 Å². The summed E-state index contributed by atoms with van der Waals surface area (Å²) in [4.78, 5) is 15.4. The minimum atomic E-state index is -0.374. The molecule has 2 aromatic rings. The van der Waals surface area contributed by atoms with Crippen LogP contribution in [0.1, 0.15) is 87.7 Å². The number of nitrogens with two attached hydrogens (primary N) is 1. The fourth-order valence-electron chi connectivity index (χ4n) is 4.04. The molecule has 1 aromatic heterocycles. The molecule has 0 aliphatic rings. The van der Waals surface area contributed by atoms with E-state index in [1.807, 2.05) is 13.0 Å². The Morgan fingerprint density at radius 3 is 2.50 bits per heavy atom. The van der Waals surface area contributed by atoms with Crippen molar-refractivity contribution in [2.75, 3.05) is 0 Å². The number of rotatable bonds is 11. The highest BCUT2D eigenvalue weighted by Gasteiger charge is 2.16. The first kappa shape index (κ1) is 22.0. The summed E-state index contributed by atoms with van der Waals surface area (Å²) in [5.41, 5.74) is 10.7. The maximum Gasteiger partial charge on any atom is 0.250 e. The lowest BCUT2D eigenvalue weighted by molar-refractivity contribution is 0.100. The van der Waals surface area contributed by atoms with Crippen LogP contribution in [0.15, 0.2) is 36.6 Å². The number of carbonyl (C=O) groups excluding carboxylic acids is 1. The van der Waals surface area contributed by atoms with Gasteiger partial charge in [-0.25, -0.2) is 0 Å². The third-order valence-electron chi connectivity index (χ3n) is 5.52. The van der Waals surface area contributed by atoms with E-state index < -0.39 is 0 Å². The summed E-state index contributed by atoms with van der Waals surface area (Å²) in [5.74, 6) is 0.313. The number of allylic oxidation sites excluding steroid dienone is 4. The molecule has 3 heteroatoms. The predicted molar refractivity (Wildman–Crippen MR) is 122 cm³/mol. The molecule has 1 amide bonds. The summed E-state index contributed by atoms with van der Waals surface area (Å²) < 4.78 is 0. The average molecular weight is 381 g/mol. The summed E-state index contributed by atoms with van der Waals surface area (Å²) in [6.07, 6.45) is 16.5. The summed E-state index contributed by atoms with van der Waals surface area (Å²) in [5, 5.41) is 1.14. The quantitative estimate of drug-likeness (QED) is 0.327. The molecule has 2 rings (SSSR count). The van der Waals surface area contributed by atoms with Crippen LogP contribution in [0.2, 0.25) is 0 Å². The van der Waals surface area contributed by atoms with Crippen molar-refractivity contribution in [1.82, 2.24) is 4.98 Å². The fraction of sp³-hybridized carbons (Fsp3) is 0.480. The number of amides is 1. The normalized spacial score (nSPS) is 12.5. The Kier molecular flexibility index (Phi) is 8.56. The van der Waals surface area contributed by atoms with Crippen LogP contribution < -0.4 is 5.73 Å². The van der Waals surface area contributed by atoms with Gasteiger partial charge in [0.25, 0.3) is 5.91 Å². The Morgan fingerprint density at radius 2 is 1.89 bits per heavy atom. The number of benzene rings is 1. The molecule has 0 spiro atoms. The number of aromatic amines is 1. The van der Waals surface area contributed by atoms with E-state index in [2.05, 4.69) is 56.2 Å². The van der Waals surface area contributed by atoms with Crippen molar-refractivity contribution in [3.05, 3.63) is 53.2 Å². The zero-order chi connectivity index (χ0) is 20.5. The van der Waals surface area contributed by atoms with Gasteiger partial charge in [-0.1, -0.05) is 57.8 Å². The maximum absolute atomic E-state index is 12.1. The molecule has 0 saturated heterocycles. The van der Waals surface area contributed by atoms with Gasteiger partial charge in [0.05, 0.1) is 11.1 Å².